The van der Waals surface area contributed by atoms with Crippen LogP contribution in [-0.4, -0.2) is 35.1 Å². The van der Waals surface area contributed by atoms with Crippen LogP contribution in [0.4, 0.5) is 4.39 Å². The Morgan fingerprint density at radius 2 is 1.97 bits per heavy atom. The summed E-state index contributed by atoms with van der Waals surface area (Å²) < 4.78 is 16.5. The third-order valence-corrected chi connectivity index (χ3v) is 4.75. The van der Waals surface area contributed by atoms with Crippen molar-refractivity contribution < 1.29 is 9.50 Å². The van der Waals surface area contributed by atoms with Crippen molar-refractivity contribution >= 4 is 11.3 Å². The minimum atomic E-state index is -0.810. The number of hydrogen-bond acceptors (Lipinski definition) is 4. The number of aromatic nitrogens is 5. The Morgan fingerprint density at radius 3 is 2.59 bits per heavy atom. The first-order chi connectivity index (χ1) is 15.2. The lowest BCUT2D eigenvalue weighted by Gasteiger charge is -2.14. The summed E-state index contributed by atoms with van der Waals surface area (Å²) in [4.78, 5) is 4.57. The summed E-state index contributed by atoms with van der Waals surface area (Å²) in [7, 11) is 0. The van der Waals surface area contributed by atoms with Crippen molar-refractivity contribution in [2.75, 3.05) is 0 Å². The van der Waals surface area contributed by atoms with Gasteiger partial charge in [0.1, 0.15) is 17.2 Å². The molecule has 0 radical (unpaired) electrons. The second-order valence-electron chi connectivity index (χ2n) is 8.01. The molecule has 7 heteroatoms. The predicted octanol–water partition coefficient (Wildman–Crippen LogP) is 5.92. The second kappa shape index (κ2) is 11.0. The molecule has 0 atom stereocenters. The van der Waals surface area contributed by atoms with Crippen molar-refractivity contribution in [3.05, 3.63) is 66.5 Å². The molecule has 0 fully saturated rings. The summed E-state index contributed by atoms with van der Waals surface area (Å²) in [6, 6.07) is 3.91. The van der Waals surface area contributed by atoms with E-state index in [0.717, 1.165) is 34.0 Å². The quantitative estimate of drug-likeness (QED) is 0.442. The van der Waals surface area contributed by atoms with E-state index in [9.17, 15) is 9.50 Å². The van der Waals surface area contributed by atoms with Crippen LogP contribution in [0.3, 0.4) is 0 Å². The van der Waals surface area contributed by atoms with Gasteiger partial charge in [0.15, 0.2) is 0 Å². The van der Waals surface area contributed by atoms with Crippen LogP contribution in [0.15, 0.2) is 55.2 Å². The molecule has 0 aliphatic carbocycles. The number of halogens is 1. The van der Waals surface area contributed by atoms with E-state index in [-0.39, 0.29) is 0 Å². The largest absolute Gasteiger partial charge is 0.390 e. The molecule has 0 aliphatic heterocycles. The summed E-state index contributed by atoms with van der Waals surface area (Å²) in [5, 5.41) is 18.8. The number of imidazole rings is 1. The van der Waals surface area contributed by atoms with Gasteiger partial charge in [-0.15, -0.1) is 5.10 Å². The van der Waals surface area contributed by atoms with Gasteiger partial charge in [-0.1, -0.05) is 37.8 Å². The zero-order chi connectivity index (χ0) is 23.9. The van der Waals surface area contributed by atoms with Gasteiger partial charge in [0.05, 0.1) is 17.0 Å². The molecule has 3 heterocycles. The molecule has 32 heavy (non-hydrogen) atoms. The normalized spacial score (nSPS) is 12.3. The summed E-state index contributed by atoms with van der Waals surface area (Å²) in [5.74, 6) is -0.447. The summed E-state index contributed by atoms with van der Waals surface area (Å²) in [5.41, 5.74) is 4.49. The van der Waals surface area contributed by atoms with E-state index in [2.05, 4.69) is 21.9 Å². The number of rotatable bonds is 8. The van der Waals surface area contributed by atoms with Crippen molar-refractivity contribution in [3.8, 4) is 11.3 Å². The first kappa shape index (κ1) is 25.2. The van der Waals surface area contributed by atoms with E-state index in [1.807, 2.05) is 67.4 Å². The van der Waals surface area contributed by atoms with Gasteiger partial charge in [0.2, 0.25) is 0 Å². The average molecular weight is 440 g/mol. The average Bonchev–Trinajstić information content (AvgIpc) is 3.30. The lowest BCUT2D eigenvalue weighted by molar-refractivity contribution is 0.0801. The molecule has 3 aromatic rings. The van der Waals surface area contributed by atoms with Crippen LogP contribution in [0.2, 0.25) is 0 Å². The number of pyridine rings is 1. The molecule has 0 bridgehead atoms. The third kappa shape index (κ3) is 6.47. The molecule has 1 N–H and O–H groups in total. The summed E-state index contributed by atoms with van der Waals surface area (Å²) in [6.07, 6.45) is 10.9. The van der Waals surface area contributed by atoms with Crippen LogP contribution < -0.4 is 0 Å². The first-order valence-corrected chi connectivity index (χ1v) is 11.0. The van der Waals surface area contributed by atoms with Gasteiger partial charge >= 0.3 is 0 Å². The van der Waals surface area contributed by atoms with Gasteiger partial charge in [0, 0.05) is 30.1 Å². The number of nitrogens with zero attached hydrogens (tertiary/aromatic N) is 5. The summed E-state index contributed by atoms with van der Waals surface area (Å²) >= 11 is 0. The lowest BCUT2D eigenvalue weighted by atomic mass is 10.0. The molecule has 0 saturated heterocycles. The molecular formula is C25H34FN5O. The van der Waals surface area contributed by atoms with Crippen LogP contribution in [0.25, 0.3) is 22.6 Å². The van der Waals surface area contributed by atoms with E-state index in [1.54, 1.807) is 19.9 Å². The lowest BCUT2D eigenvalue weighted by Crippen LogP contribution is -2.21. The first-order valence-electron chi connectivity index (χ1n) is 11.0. The highest BCUT2D eigenvalue weighted by atomic mass is 19.1. The number of aliphatic hydroxyl groups is 1. The molecule has 0 saturated carbocycles. The summed E-state index contributed by atoms with van der Waals surface area (Å²) in [6.45, 7) is 14.7. The van der Waals surface area contributed by atoms with Crippen molar-refractivity contribution in [2.24, 2.45) is 0 Å². The third-order valence-electron chi connectivity index (χ3n) is 4.75. The number of hydrogen-bond donors (Lipinski definition) is 1. The Kier molecular flexibility index (Phi) is 8.66. The molecule has 3 aromatic heterocycles. The monoisotopic (exact) mass is 439 g/mol. The Balaban J connectivity index is 0.00000176. The minimum absolute atomic E-state index is 0.447. The molecule has 0 aromatic carbocycles. The van der Waals surface area contributed by atoms with Crippen LogP contribution in [0, 0.1) is 6.92 Å². The van der Waals surface area contributed by atoms with Crippen LogP contribution >= 0.6 is 0 Å². The smallest absolute Gasteiger partial charge is 0.137 e. The van der Waals surface area contributed by atoms with Crippen LogP contribution in [0.1, 0.15) is 58.8 Å². The van der Waals surface area contributed by atoms with Crippen molar-refractivity contribution in [1.82, 2.24) is 24.4 Å². The predicted molar refractivity (Wildman–Crippen MR) is 129 cm³/mol. The highest BCUT2D eigenvalue weighted by molar-refractivity contribution is 5.64. The van der Waals surface area contributed by atoms with Crippen LogP contribution in [-0.2, 0) is 6.42 Å². The van der Waals surface area contributed by atoms with E-state index >= 15 is 0 Å². The van der Waals surface area contributed by atoms with E-state index in [4.69, 9.17) is 0 Å². The van der Waals surface area contributed by atoms with Crippen molar-refractivity contribution in [1.29, 1.82) is 0 Å². The Labute approximate surface area is 189 Å². The molecule has 0 spiro atoms. The molecule has 0 aliphatic rings. The maximum atomic E-state index is 12.7. The van der Waals surface area contributed by atoms with Crippen LogP contribution in [0.5, 0.6) is 0 Å². The van der Waals surface area contributed by atoms with Gasteiger partial charge in [-0.25, -0.2) is 14.1 Å². The zero-order valence-electron chi connectivity index (χ0n) is 19.9. The molecule has 0 amide bonds. The van der Waals surface area contributed by atoms with E-state index in [1.165, 1.54) is 6.08 Å². The minimum Gasteiger partial charge on any atom is -0.390 e. The van der Waals surface area contributed by atoms with Gasteiger partial charge in [0.25, 0.3) is 0 Å². The maximum absolute atomic E-state index is 12.7. The fraction of sp³-hybridized carbons (Fsp3) is 0.400. The molecular weight excluding hydrogens is 405 g/mol. The van der Waals surface area contributed by atoms with Gasteiger partial charge in [-0.3, -0.25) is 0 Å². The van der Waals surface area contributed by atoms with Gasteiger partial charge < -0.3 is 9.51 Å². The van der Waals surface area contributed by atoms with Gasteiger partial charge in [-0.2, -0.15) is 0 Å². The number of fused-ring (bicyclic) bond motifs is 1. The highest BCUT2D eigenvalue weighted by Crippen LogP contribution is 2.25. The molecule has 0 unspecified atom stereocenters. The topological polar surface area (TPSA) is 68.2 Å². The number of allylic oxidation sites excluding steroid dienone is 5. The van der Waals surface area contributed by atoms with Crippen molar-refractivity contribution in [2.45, 2.75) is 66.4 Å². The molecule has 6 nitrogen and oxygen atoms in total. The SMILES string of the molecule is C=C(F)/C=C\CC/C(=C\C)n1nnc(-c2ccc3nc(CC(C)(C)O)cn3c2)c1C.CC. The molecule has 172 valence electrons. The molecule has 3 rings (SSSR count). The zero-order valence-corrected chi connectivity index (χ0v) is 19.9. The Hall–Kier alpha value is -3.06. The van der Waals surface area contributed by atoms with E-state index in [0.29, 0.717) is 19.3 Å². The van der Waals surface area contributed by atoms with Crippen molar-refractivity contribution in [3.63, 3.8) is 0 Å². The Morgan fingerprint density at radius 1 is 1.25 bits per heavy atom. The highest BCUT2D eigenvalue weighted by Gasteiger charge is 2.17. The maximum Gasteiger partial charge on any atom is 0.137 e. The van der Waals surface area contributed by atoms with Gasteiger partial charge in [-0.05, 0) is 58.7 Å². The second-order valence-corrected chi connectivity index (χ2v) is 8.01. The Bertz CT molecular complexity index is 1120. The fourth-order valence-electron chi connectivity index (χ4n) is 3.40. The standard InChI is InChI=1S/C23H28FN5O.C2H6/c1-6-20(10-8-7-9-16(2)24)29-17(3)22(26-27-29)18-11-12-21-25-19(13-23(4,5)30)15-28(21)14-18;1-2/h6-7,9,11-12,14-15,30H,2,8,10,13H2,1,3-5H3;1-2H3/b9-7-,20-6+;. The van der Waals surface area contributed by atoms with E-state index < -0.39 is 11.4 Å². The fourth-order valence-corrected chi connectivity index (χ4v) is 3.40.